The van der Waals surface area contributed by atoms with Gasteiger partial charge in [-0.1, -0.05) is 0 Å². The number of aryl methyl sites for hydroxylation is 2. The Morgan fingerprint density at radius 1 is 0.975 bits per heavy atom. The number of nitrogens with zero attached hydrogens (tertiary/aromatic N) is 7. The van der Waals surface area contributed by atoms with Crippen LogP contribution in [0.3, 0.4) is 0 Å². The van der Waals surface area contributed by atoms with Crippen molar-refractivity contribution in [3.8, 4) is 11.3 Å². The molecular formula is C26H25F6N7O. The van der Waals surface area contributed by atoms with Crippen molar-refractivity contribution < 1.29 is 31.1 Å². The highest BCUT2D eigenvalue weighted by Gasteiger charge is 2.60. The van der Waals surface area contributed by atoms with E-state index in [0.717, 1.165) is 36.0 Å². The van der Waals surface area contributed by atoms with Gasteiger partial charge < -0.3 is 4.90 Å². The number of carbonyl (C=O) groups excluding carboxylic acids is 1. The van der Waals surface area contributed by atoms with Crippen molar-refractivity contribution in [1.29, 1.82) is 0 Å². The zero-order valence-corrected chi connectivity index (χ0v) is 21.6. The van der Waals surface area contributed by atoms with Crippen LogP contribution in [0.4, 0.5) is 26.3 Å². The quantitative estimate of drug-likeness (QED) is 0.318. The molecule has 1 fully saturated rings. The number of amides is 1. The van der Waals surface area contributed by atoms with Gasteiger partial charge in [-0.25, -0.2) is 13.9 Å². The molecule has 40 heavy (non-hydrogen) atoms. The minimum absolute atomic E-state index is 0.119. The molecule has 1 amide bonds. The summed E-state index contributed by atoms with van der Waals surface area (Å²) in [4.78, 5) is 21.0. The van der Waals surface area contributed by atoms with Crippen LogP contribution < -0.4 is 0 Å². The predicted molar refractivity (Wildman–Crippen MR) is 132 cm³/mol. The molecular weight excluding hydrogens is 540 g/mol. The Kier molecular flexibility index (Phi) is 7.06. The monoisotopic (exact) mass is 565 g/mol. The molecule has 0 spiro atoms. The molecule has 0 aliphatic carbocycles. The number of aromatic nitrogens is 5. The highest BCUT2D eigenvalue weighted by Crippen LogP contribution is 2.44. The summed E-state index contributed by atoms with van der Waals surface area (Å²) in [5.74, 6) is -6.52. The maximum absolute atomic E-state index is 14.6. The minimum atomic E-state index is -5.93. The van der Waals surface area contributed by atoms with Crippen LogP contribution in [-0.4, -0.2) is 72.4 Å². The fraction of sp³-hybridized carbons (Fsp3) is 0.385. The Hall–Kier alpha value is -3.94. The maximum Gasteiger partial charge on any atom is 0.459 e. The molecule has 1 aliphatic rings. The van der Waals surface area contributed by atoms with E-state index in [-0.39, 0.29) is 22.6 Å². The Balaban J connectivity index is 1.41. The molecule has 8 nitrogen and oxygen atoms in total. The minimum Gasteiger partial charge on any atom is -0.335 e. The first-order chi connectivity index (χ1) is 18.9. The molecule has 0 N–H and O–H groups in total. The topological polar surface area (TPSA) is 71.6 Å². The standard InChI is InChI=1S/C26H25F6N7O/c1-3-38-15-18(16(2)34-38)14-36-8-10-37(11-9-36)24(40)21-13-23-33-20(17-4-6-19(27)7-5-17)12-22(39(23)35-21)25(28,29)26(30,31)32/h4-7,12-13,15H,3,8-11,14H2,1-2H3. The zero-order valence-electron chi connectivity index (χ0n) is 21.6. The Morgan fingerprint density at radius 2 is 1.65 bits per heavy atom. The van der Waals surface area contributed by atoms with Crippen molar-refractivity contribution in [3.63, 3.8) is 0 Å². The molecule has 1 saturated heterocycles. The average Bonchev–Trinajstić information content (AvgIpc) is 3.51. The van der Waals surface area contributed by atoms with E-state index in [1.165, 1.54) is 17.0 Å². The second-order valence-electron chi connectivity index (χ2n) is 9.57. The van der Waals surface area contributed by atoms with Crippen LogP contribution in [0.2, 0.25) is 0 Å². The Morgan fingerprint density at radius 3 is 2.25 bits per heavy atom. The van der Waals surface area contributed by atoms with E-state index in [1.54, 1.807) is 0 Å². The summed E-state index contributed by atoms with van der Waals surface area (Å²) < 4.78 is 84.9. The van der Waals surface area contributed by atoms with Crippen molar-refractivity contribution in [2.45, 2.75) is 39.0 Å². The average molecular weight is 566 g/mol. The van der Waals surface area contributed by atoms with Crippen LogP contribution >= 0.6 is 0 Å². The van der Waals surface area contributed by atoms with E-state index >= 15 is 0 Å². The van der Waals surface area contributed by atoms with Crippen molar-refractivity contribution in [2.24, 2.45) is 0 Å². The van der Waals surface area contributed by atoms with E-state index in [4.69, 9.17) is 0 Å². The number of benzene rings is 1. The molecule has 4 aromatic rings. The molecule has 5 rings (SSSR count). The third-order valence-electron chi connectivity index (χ3n) is 6.89. The van der Waals surface area contributed by atoms with Gasteiger partial charge in [0.15, 0.2) is 11.3 Å². The Bertz CT molecular complexity index is 1540. The SMILES string of the molecule is CCn1cc(CN2CCN(C(=O)c3cc4nc(-c5ccc(F)cc5)cc(C(F)(F)C(F)(F)F)n4n3)CC2)c(C)n1. The van der Waals surface area contributed by atoms with Crippen molar-refractivity contribution in [3.05, 3.63) is 71.1 Å². The fourth-order valence-electron chi connectivity index (χ4n) is 4.60. The summed E-state index contributed by atoms with van der Waals surface area (Å²) in [6, 6.07) is 6.12. The van der Waals surface area contributed by atoms with Gasteiger partial charge in [-0.05, 0) is 44.2 Å². The number of halogens is 6. The van der Waals surface area contributed by atoms with Crippen molar-refractivity contribution in [2.75, 3.05) is 26.2 Å². The van der Waals surface area contributed by atoms with Gasteiger partial charge in [0.25, 0.3) is 5.91 Å². The van der Waals surface area contributed by atoms with Gasteiger partial charge in [-0.3, -0.25) is 14.4 Å². The normalized spacial score (nSPS) is 15.2. The summed E-state index contributed by atoms with van der Waals surface area (Å²) >= 11 is 0. The van der Waals surface area contributed by atoms with Gasteiger partial charge in [0.2, 0.25) is 0 Å². The number of alkyl halides is 5. The predicted octanol–water partition coefficient (Wildman–Crippen LogP) is 4.67. The van der Waals surface area contributed by atoms with Gasteiger partial charge in [0.05, 0.1) is 11.4 Å². The van der Waals surface area contributed by atoms with Gasteiger partial charge in [0.1, 0.15) is 11.5 Å². The van der Waals surface area contributed by atoms with Gasteiger partial charge in [-0.15, -0.1) is 0 Å². The van der Waals surface area contributed by atoms with Gasteiger partial charge in [-0.2, -0.15) is 32.1 Å². The van der Waals surface area contributed by atoms with E-state index in [1.807, 2.05) is 24.7 Å². The van der Waals surface area contributed by atoms with E-state index in [9.17, 15) is 31.1 Å². The summed E-state index contributed by atoms with van der Waals surface area (Å²) in [7, 11) is 0. The van der Waals surface area contributed by atoms with Gasteiger partial charge in [0, 0.05) is 62.7 Å². The van der Waals surface area contributed by atoms with Crippen LogP contribution in [0, 0.1) is 12.7 Å². The van der Waals surface area contributed by atoms with E-state index in [0.29, 0.717) is 43.3 Å². The lowest BCUT2D eigenvalue weighted by molar-refractivity contribution is -0.291. The maximum atomic E-state index is 14.6. The molecule has 212 valence electrons. The van der Waals surface area contributed by atoms with Crippen LogP contribution in [0.5, 0.6) is 0 Å². The summed E-state index contributed by atoms with van der Waals surface area (Å²) in [5, 5.41) is 8.26. The van der Waals surface area contributed by atoms with Crippen molar-refractivity contribution in [1.82, 2.24) is 34.2 Å². The molecule has 1 aromatic carbocycles. The Labute approximate surface area is 224 Å². The van der Waals surface area contributed by atoms with Gasteiger partial charge >= 0.3 is 12.1 Å². The molecule has 3 aromatic heterocycles. The third kappa shape index (κ3) is 5.15. The molecule has 4 heterocycles. The summed E-state index contributed by atoms with van der Waals surface area (Å²) in [6.45, 7) is 7.00. The second-order valence-corrected chi connectivity index (χ2v) is 9.57. The number of fused-ring (bicyclic) bond motifs is 1. The smallest absolute Gasteiger partial charge is 0.335 e. The van der Waals surface area contributed by atoms with E-state index < -0.39 is 29.5 Å². The highest BCUT2D eigenvalue weighted by atomic mass is 19.4. The molecule has 0 unspecified atom stereocenters. The fourth-order valence-corrected chi connectivity index (χ4v) is 4.60. The number of piperazine rings is 1. The second kappa shape index (κ2) is 10.2. The lowest BCUT2D eigenvalue weighted by atomic mass is 10.1. The lowest BCUT2D eigenvalue weighted by Crippen LogP contribution is -2.48. The van der Waals surface area contributed by atoms with Crippen molar-refractivity contribution >= 4 is 11.6 Å². The first kappa shape index (κ1) is 27.6. The lowest BCUT2D eigenvalue weighted by Gasteiger charge is -2.34. The number of hydrogen-bond acceptors (Lipinski definition) is 5. The summed E-state index contributed by atoms with van der Waals surface area (Å²) in [5.41, 5.74) is -0.320. The molecule has 0 atom stereocenters. The molecule has 14 heteroatoms. The van der Waals surface area contributed by atoms with Crippen LogP contribution in [-0.2, 0) is 19.0 Å². The molecule has 0 radical (unpaired) electrons. The molecule has 0 saturated carbocycles. The van der Waals surface area contributed by atoms with Crippen LogP contribution in [0.1, 0.15) is 34.4 Å². The largest absolute Gasteiger partial charge is 0.459 e. The number of carbonyl (C=O) groups is 1. The van der Waals surface area contributed by atoms with E-state index in [2.05, 4.69) is 20.1 Å². The molecule has 0 bridgehead atoms. The number of rotatable bonds is 6. The third-order valence-corrected chi connectivity index (χ3v) is 6.89. The van der Waals surface area contributed by atoms with Crippen LogP contribution in [0.15, 0.2) is 42.6 Å². The highest BCUT2D eigenvalue weighted by molar-refractivity contribution is 5.93. The summed E-state index contributed by atoms with van der Waals surface area (Å²) in [6.07, 6.45) is -3.95. The molecule has 1 aliphatic heterocycles. The number of hydrogen-bond donors (Lipinski definition) is 0. The first-order valence-electron chi connectivity index (χ1n) is 12.5. The first-order valence-corrected chi connectivity index (χ1v) is 12.5. The zero-order chi connectivity index (χ0) is 28.8. The van der Waals surface area contributed by atoms with Crippen LogP contribution in [0.25, 0.3) is 16.9 Å².